The number of carbonyl (C=O) groups is 1. The number of rotatable bonds is 16. The molecule has 3 nitrogen and oxygen atoms in total. The molecule has 0 aliphatic heterocycles. The van der Waals surface area contributed by atoms with Crippen LogP contribution in [0.15, 0.2) is 72.8 Å². The van der Waals surface area contributed by atoms with Crippen LogP contribution in [0, 0.1) is 0 Å². The Labute approximate surface area is 224 Å². The quantitative estimate of drug-likeness (QED) is 0.111. The molecule has 3 aromatic rings. The predicted molar refractivity (Wildman–Crippen MR) is 154 cm³/mol. The van der Waals surface area contributed by atoms with Gasteiger partial charge in [0.15, 0.2) is 0 Å². The van der Waals surface area contributed by atoms with E-state index in [0.717, 1.165) is 17.5 Å². The summed E-state index contributed by atoms with van der Waals surface area (Å²) in [4.78, 5) is 12.5. The molecule has 3 heteroatoms. The monoisotopic (exact) mass is 500 g/mol. The van der Waals surface area contributed by atoms with Crippen LogP contribution in [0.3, 0.4) is 0 Å². The lowest BCUT2D eigenvalue weighted by Crippen LogP contribution is -2.08. The van der Waals surface area contributed by atoms with E-state index in [9.17, 15) is 4.79 Å². The molecule has 0 heterocycles. The number of esters is 1. The lowest BCUT2D eigenvalue weighted by molar-refractivity contribution is 0.0734. The van der Waals surface area contributed by atoms with E-state index in [-0.39, 0.29) is 12.1 Å². The van der Waals surface area contributed by atoms with Gasteiger partial charge in [-0.1, -0.05) is 113 Å². The molecule has 3 rings (SSSR count). The number of hydrogen-bond acceptors (Lipinski definition) is 3. The topological polar surface area (TPSA) is 35.5 Å². The number of methoxy groups -OCH3 is 1. The molecule has 198 valence electrons. The zero-order valence-electron chi connectivity index (χ0n) is 23.0. The number of aryl methyl sites for hydroxylation is 1. The van der Waals surface area contributed by atoms with Crippen LogP contribution < -0.4 is 4.74 Å². The molecular weight excluding hydrogens is 456 g/mol. The molecular formula is C34H44O3. The highest BCUT2D eigenvalue weighted by molar-refractivity contribution is 5.91. The molecule has 1 atom stereocenters. The lowest BCUT2D eigenvalue weighted by atomic mass is 10.0. The standard InChI is InChI=1S/C34H44O3/c1-4-5-6-7-8-9-10-11-12-13-14-28-15-17-30(18-16-28)31-23-25-33(26-24-31)37-34(35)32-21-19-29(20-22-32)27(2)36-3/h15-27H,4-14H2,1-3H3. The molecule has 0 bridgehead atoms. The van der Waals surface area contributed by atoms with Gasteiger partial charge in [-0.3, -0.25) is 0 Å². The summed E-state index contributed by atoms with van der Waals surface area (Å²) in [5.41, 5.74) is 5.24. The molecule has 0 spiro atoms. The van der Waals surface area contributed by atoms with E-state index >= 15 is 0 Å². The Morgan fingerprint density at radius 2 is 1.19 bits per heavy atom. The summed E-state index contributed by atoms with van der Waals surface area (Å²) in [6.07, 6.45) is 14.8. The minimum atomic E-state index is -0.360. The van der Waals surface area contributed by atoms with Crippen LogP contribution in [0.2, 0.25) is 0 Å². The third-order valence-corrected chi connectivity index (χ3v) is 7.14. The summed E-state index contributed by atoms with van der Waals surface area (Å²) >= 11 is 0. The zero-order chi connectivity index (χ0) is 26.3. The maximum Gasteiger partial charge on any atom is 0.343 e. The Kier molecular flexibility index (Phi) is 12.4. The molecule has 0 aliphatic carbocycles. The van der Waals surface area contributed by atoms with Gasteiger partial charge in [-0.05, 0) is 66.3 Å². The van der Waals surface area contributed by atoms with E-state index < -0.39 is 0 Å². The first-order valence-corrected chi connectivity index (χ1v) is 14.1. The lowest BCUT2D eigenvalue weighted by Gasteiger charge is -2.10. The SMILES string of the molecule is CCCCCCCCCCCCc1ccc(-c2ccc(OC(=O)c3ccc(C(C)OC)cc3)cc2)cc1. The summed E-state index contributed by atoms with van der Waals surface area (Å²) in [6, 6.07) is 23.9. The third kappa shape index (κ3) is 9.81. The number of unbranched alkanes of at least 4 members (excludes halogenated alkanes) is 9. The van der Waals surface area contributed by atoms with Gasteiger partial charge in [-0.2, -0.15) is 0 Å². The van der Waals surface area contributed by atoms with Gasteiger partial charge in [0.1, 0.15) is 5.75 Å². The number of benzene rings is 3. The molecule has 0 radical (unpaired) electrons. The second-order valence-corrected chi connectivity index (χ2v) is 10.0. The van der Waals surface area contributed by atoms with Crippen molar-refractivity contribution in [2.45, 2.75) is 90.6 Å². The molecule has 0 N–H and O–H groups in total. The summed E-state index contributed by atoms with van der Waals surface area (Å²) < 4.78 is 10.9. The minimum absolute atomic E-state index is 0.00797. The summed E-state index contributed by atoms with van der Waals surface area (Å²) in [6.45, 7) is 4.25. The molecule has 0 saturated heterocycles. The normalized spacial score (nSPS) is 11.9. The van der Waals surface area contributed by atoms with E-state index in [2.05, 4.69) is 31.2 Å². The second kappa shape index (κ2) is 16.0. The predicted octanol–water partition coefficient (Wildman–Crippen LogP) is 9.74. The van der Waals surface area contributed by atoms with Crippen molar-refractivity contribution < 1.29 is 14.3 Å². The highest BCUT2D eigenvalue weighted by Gasteiger charge is 2.11. The number of ether oxygens (including phenoxy) is 2. The minimum Gasteiger partial charge on any atom is -0.423 e. The van der Waals surface area contributed by atoms with Crippen LogP contribution in [0.4, 0.5) is 0 Å². The first-order valence-electron chi connectivity index (χ1n) is 14.1. The Morgan fingerprint density at radius 1 is 0.676 bits per heavy atom. The van der Waals surface area contributed by atoms with Gasteiger partial charge in [-0.15, -0.1) is 0 Å². The summed E-state index contributed by atoms with van der Waals surface area (Å²) in [7, 11) is 1.67. The van der Waals surface area contributed by atoms with Gasteiger partial charge >= 0.3 is 5.97 Å². The van der Waals surface area contributed by atoms with Crippen molar-refractivity contribution >= 4 is 5.97 Å². The van der Waals surface area contributed by atoms with Crippen molar-refractivity contribution in [3.63, 3.8) is 0 Å². The Morgan fingerprint density at radius 3 is 1.73 bits per heavy atom. The largest absolute Gasteiger partial charge is 0.423 e. The molecule has 37 heavy (non-hydrogen) atoms. The van der Waals surface area contributed by atoms with Crippen molar-refractivity contribution in [1.82, 2.24) is 0 Å². The maximum absolute atomic E-state index is 12.5. The van der Waals surface area contributed by atoms with Gasteiger partial charge in [-0.25, -0.2) is 4.79 Å². The summed E-state index contributed by atoms with van der Waals surface area (Å²) in [5.74, 6) is 0.182. The van der Waals surface area contributed by atoms with Crippen LogP contribution in [0.5, 0.6) is 5.75 Å². The molecule has 0 amide bonds. The molecule has 0 aliphatic rings. The molecule has 3 aromatic carbocycles. The van der Waals surface area contributed by atoms with Crippen molar-refractivity contribution in [1.29, 1.82) is 0 Å². The Bertz CT molecular complexity index is 1040. The third-order valence-electron chi connectivity index (χ3n) is 7.14. The average Bonchev–Trinajstić information content (AvgIpc) is 2.94. The van der Waals surface area contributed by atoms with Gasteiger partial charge in [0, 0.05) is 7.11 Å². The van der Waals surface area contributed by atoms with E-state index in [1.54, 1.807) is 19.2 Å². The van der Waals surface area contributed by atoms with Crippen molar-refractivity contribution in [2.75, 3.05) is 7.11 Å². The van der Waals surface area contributed by atoms with Crippen LogP contribution in [0.1, 0.15) is 106 Å². The number of hydrogen-bond donors (Lipinski definition) is 0. The summed E-state index contributed by atoms with van der Waals surface area (Å²) in [5, 5.41) is 0. The Balaban J connectivity index is 1.40. The second-order valence-electron chi connectivity index (χ2n) is 10.0. The van der Waals surface area contributed by atoms with Crippen molar-refractivity contribution in [3.05, 3.63) is 89.5 Å². The molecule has 0 fully saturated rings. The molecule has 0 aromatic heterocycles. The van der Waals surface area contributed by atoms with Gasteiger partial charge in [0.05, 0.1) is 11.7 Å². The van der Waals surface area contributed by atoms with E-state index in [1.165, 1.54) is 75.3 Å². The van der Waals surface area contributed by atoms with Gasteiger partial charge < -0.3 is 9.47 Å². The highest BCUT2D eigenvalue weighted by Crippen LogP contribution is 2.24. The van der Waals surface area contributed by atoms with Crippen LogP contribution >= 0.6 is 0 Å². The van der Waals surface area contributed by atoms with E-state index in [4.69, 9.17) is 9.47 Å². The van der Waals surface area contributed by atoms with Crippen LogP contribution in [-0.2, 0) is 11.2 Å². The van der Waals surface area contributed by atoms with Crippen molar-refractivity contribution in [2.24, 2.45) is 0 Å². The fraction of sp³-hybridized carbons (Fsp3) is 0.441. The van der Waals surface area contributed by atoms with Gasteiger partial charge in [0.25, 0.3) is 0 Å². The van der Waals surface area contributed by atoms with Gasteiger partial charge in [0.2, 0.25) is 0 Å². The van der Waals surface area contributed by atoms with E-state index in [0.29, 0.717) is 11.3 Å². The first kappa shape index (κ1) is 28.7. The highest BCUT2D eigenvalue weighted by atomic mass is 16.5. The smallest absolute Gasteiger partial charge is 0.343 e. The number of carbonyl (C=O) groups excluding carboxylic acids is 1. The Hall–Kier alpha value is -2.91. The molecule has 0 saturated carbocycles. The average molecular weight is 501 g/mol. The maximum atomic E-state index is 12.5. The molecule has 1 unspecified atom stereocenters. The fourth-order valence-electron chi connectivity index (χ4n) is 4.59. The van der Waals surface area contributed by atoms with Crippen LogP contribution in [0.25, 0.3) is 11.1 Å². The van der Waals surface area contributed by atoms with E-state index in [1.807, 2.05) is 43.3 Å². The van der Waals surface area contributed by atoms with Crippen LogP contribution in [-0.4, -0.2) is 13.1 Å². The fourth-order valence-corrected chi connectivity index (χ4v) is 4.59. The zero-order valence-corrected chi connectivity index (χ0v) is 23.0. The van der Waals surface area contributed by atoms with Crippen molar-refractivity contribution in [3.8, 4) is 16.9 Å². The first-order chi connectivity index (χ1) is 18.1.